The van der Waals surface area contributed by atoms with Crippen LogP contribution in [0.25, 0.3) is 11.0 Å². The maximum absolute atomic E-state index is 12.9. The van der Waals surface area contributed by atoms with E-state index in [9.17, 15) is 14.4 Å². The number of nitrogens with zero attached hydrogens (tertiary/aromatic N) is 3. The van der Waals surface area contributed by atoms with Crippen LogP contribution in [-0.2, 0) is 16.6 Å². The lowest BCUT2D eigenvalue weighted by molar-refractivity contribution is -0.149. The number of nitrogens with one attached hydrogen (secondary N) is 1. The molecule has 2 amide bonds. The second kappa shape index (κ2) is 7.28. The zero-order chi connectivity index (χ0) is 19.8. The quantitative estimate of drug-likeness (QED) is 0.592. The monoisotopic (exact) mass is 380 g/mol. The Morgan fingerprint density at radius 3 is 2.54 bits per heavy atom. The Bertz CT molecular complexity index is 1060. The van der Waals surface area contributed by atoms with E-state index in [2.05, 4.69) is 17.2 Å². The maximum Gasteiger partial charge on any atom is 0.329 e. The largest absolute Gasteiger partial charge is 0.329 e. The van der Waals surface area contributed by atoms with Gasteiger partial charge in [0.05, 0.1) is 11.0 Å². The van der Waals surface area contributed by atoms with Gasteiger partial charge in [-0.05, 0) is 50.6 Å². The number of carbonyl (C=O) groups excluding carboxylic acids is 2. The van der Waals surface area contributed by atoms with Gasteiger partial charge in [-0.2, -0.15) is 0 Å². The van der Waals surface area contributed by atoms with Crippen LogP contribution in [0, 0.1) is 17.8 Å². The van der Waals surface area contributed by atoms with E-state index in [1.54, 1.807) is 11.6 Å². The Kier molecular flexibility index (Phi) is 4.82. The number of likely N-dealkylation sites (N-methyl/N-ethyl adjacent to an activating group) is 1. The van der Waals surface area contributed by atoms with Crippen molar-refractivity contribution in [2.24, 2.45) is 13.0 Å². The Balaban J connectivity index is 1.71. The van der Waals surface area contributed by atoms with Crippen LogP contribution in [0.1, 0.15) is 37.3 Å². The molecule has 7 heteroatoms. The molecular formula is C21H24N4O3. The minimum absolute atomic E-state index is 0.204. The van der Waals surface area contributed by atoms with E-state index in [1.807, 2.05) is 18.2 Å². The molecule has 2 aliphatic heterocycles. The van der Waals surface area contributed by atoms with Gasteiger partial charge in [-0.3, -0.25) is 23.6 Å². The van der Waals surface area contributed by atoms with Crippen LogP contribution in [-0.4, -0.2) is 46.0 Å². The van der Waals surface area contributed by atoms with Gasteiger partial charge in [-0.25, -0.2) is 4.79 Å². The molecule has 1 aromatic carbocycles. The number of hydrogen-bond acceptors (Lipinski definition) is 4. The molecule has 1 atom stereocenters. The first-order chi connectivity index (χ1) is 13.5. The number of amides is 2. The number of rotatable bonds is 1. The molecule has 0 saturated carbocycles. The Labute approximate surface area is 163 Å². The minimum atomic E-state index is -0.648. The number of fused-ring (bicyclic) bond motifs is 1. The SMILES string of the molecule is CN1C(=O)CCC(n2c(=O)n(C)c3cc(C#CC4CCNCC4)ccc32)C1=O. The first-order valence-corrected chi connectivity index (χ1v) is 9.71. The average Bonchev–Trinajstić information content (AvgIpc) is 2.96. The number of likely N-dealkylation sites (tertiary alicyclic amines) is 1. The van der Waals surface area contributed by atoms with Crippen LogP contribution in [0.3, 0.4) is 0 Å². The Morgan fingerprint density at radius 1 is 1.04 bits per heavy atom. The van der Waals surface area contributed by atoms with Crippen molar-refractivity contribution in [3.05, 3.63) is 34.2 Å². The van der Waals surface area contributed by atoms with E-state index in [4.69, 9.17) is 0 Å². The molecule has 1 unspecified atom stereocenters. The number of imidazole rings is 1. The summed E-state index contributed by atoms with van der Waals surface area (Å²) in [5.41, 5.74) is 2.05. The van der Waals surface area contributed by atoms with Gasteiger partial charge in [-0.1, -0.05) is 11.8 Å². The summed E-state index contributed by atoms with van der Waals surface area (Å²) in [5.74, 6) is 6.45. The zero-order valence-electron chi connectivity index (χ0n) is 16.2. The van der Waals surface area contributed by atoms with Gasteiger partial charge in [0.2, 0.25) is 5.91 Å². The van der Waals surface area contributed by atoms with Crippen molar-refractivity contribution < 1.29 is 9.59 Å². The number of benzene rings is 1. The second-order valence-corrected chi connectivity index (χ2v) is 7.55. The molecule has 1 aromatic heterocycles. The topological polar surface area (TPSA) is 76.3 Å². The van der Waals surface area contributed by atoms with Crippen LogP contribution in [0.15, 0.2) is 23.0 Å². The molecule has 0 aliphatic carbocycles. The Morgan fingerprint density at radius 2 is 1.79 bits per heavy atom. The third-order valence-electron chi connectivity index (χ3n) is 5.78. The molecule has 2 fully saturated rings. The van der Waals surface area contributed by atoms with Gasteiger partial charge in [-0.15, -0.1) is 0 Å². The number of hydrogen-bond donors (Lipinski definition) is 1. The second-order valence-electron chi connectivity index (χ2n) is 7.55. The summed E-state index contributed by atoms with van der Waals surface area (Å²) in [6, 6.07) is 5.01. The van der Waals surface area contributed by atoms with Crippen molar-refractivity contribution in [2.75, 3.05) is 20.1 Å². The number of aromatic nitrogens is 2. The van der Waals surface area contributed by atoms with E-state index >= 15 is 0 Å². The van der Waals surface area contributed by atoms with E-state index < -0.39 is 6.04 Å². The summed E-state index contributed by atoms with van der Waals surface area (Å²) in [6.07, 6.45) is 2.72. The lowest BCUT2D eigenvalue weighted by Crippen LogP contribution is -2.45. The fraction of sp³-hybridized carbons (Fsp3) is 0.476. The van der Waals surface area contributed by atoms with Crippen molar-refractivity contribution in [3.63, 3.8) is 0 Å². The fourth-order valence-corrected chi connectivity index (χ4v) is 4.03. The van der Waals surface area contributed by atoms with Gasteiger partial charge >= 0.3 is 5.69 Å². The number of aryl methyl sites for hydroxylation is 1. The lowest BCUT2D eigenvalue weighted by atomic mass is 9.98. The van der Waals surface area contributed by atoms with Crippen LogP contribution in [0.2, 0.25) is 0 Å². The minimum Gasteiger partial charge on any atom is -0.317 e. The molecule has 0 bridgehead atoms. The maximum atomic E-state index is 12.9. The third kappa shape index (κ3) is 3.14. The van der Waals surface area contributed by atoms with Crippen LogP contribution in [0.5, 0.6) is 0 Å². The van der Waals surface area contributed by atoms with Crippen molar-refractivity contribution in [1.82, 2.24) is 19.4 Å². The van der Waals surface area contributed by atoms with E-state index in [1.165, 1.54) is 11.6 Å². The summed E-state index contributed by atoms with van der Waals surface area (Å²) in [5, 5.41) is 3.33. The highest BCUT2D eigenvalue weighted by Gasteiger charge is 2.35. The molecule has 0 radical (unpaired) electrons. The standard InChI is InChI=1S/C21H24N4O3/c1-23-18-13-15(4-3-14-9-11-22-12-10-14)5-6-16(18)25(21(23)28)17-7-8-19(26)24(2)20(17)27/h5-6,13-14,17,22H,7-12H2,1-2H3. The van der Waals surface area contributed by atoms with Gasteiger partial charge < -0.3 is 5.32 Å². The summed E-state index contributed by atoms with van der Waals surface area (Å²) >= 11 is 0. The number of imide groups is 1. The van der Waals surface area contributed by atoms with Crippen molar-refractivity contribution >= 4 is 22.8 Å². The van der Waals surface area contributed by atoms with Crippen LogP contribution in [0.4, 0.5) is 0 Å². The molecule has 2 aromatic rings. The molecule has 7 nitrogen and oxygen atoms in total. The highest BCUT2D eigenvalue weighted by molar-refractivity contribution is 5.99. The summed E-state index contributed by atoms with van der Waals surface area (Å²) < 4.78 is 3.07. The molecule has 2 aliphatic rings. The van der Waals surface area contributed by atoms with E-state index in [-0.39, 0.29) is 23.9 Å². The van der Waals surface area contributed by atoms with Crippen LogP contribution >= 0.6 is 0 Å². The predicted octanol–water partition coefficient (Wildman–Crippen LogP) is 1.01. The first kappa shape index (κ1) is 18.5. The van der Waals surface area contributed by atoms with E-state index in [0.29, 0.717) is 17.9 Å². The van der Waals surface area contributed by atoms with Crippen molar-refractivity contribution in [2.45, 2.75) is 31.7 Å². The fourth-order valence-electron chi connectivity index (χ4n) is 4.03. The molecule has 0 spiro atoms. The zero-order valence-corrected chi connectivity index (χ0v) is 16.2. The van der Waals surface area contributed by atoms with Crippen molar-refractivity contribution in [1.29, 1.82) is 0 Å². The molecule has 146 valence electrons. The summed E-state index contributed by atoms with van der Waals surface area (Å²) in [6.45, 7) is 2.00. The Hall–Kier alpha value is -2.85. The highest BCUT2D eigenvalue weighted by Crippen LogP contribution is 2.26. The van der Waals surface area contributed by atoms with Crippen LogP contribution < -0.4 is 11.0 Å². The molecule has 2 saturated heterocycles. The highest BCUT2D eigenvalue weighted by atomic mass is 16.2. The molecule has 4 rings (SSSR count). The smallest absolute Gasteiger partial charge is 0.317 e. The average molecular weight is 380 g/mol. The van der Waals surface area contributed by atoms with Crippen molar-refractivity contribution in [3.8, 4) is 11.8 Å². The lowest BCUT2D eigenvalue weighted by Gasteiger charge is -2.28. The first-order valence-electron chi connectivity index (χ1n) is 9.71. The van der Waals surface area contributed by atoms with Gasteiger partial charge in [0.1, 0.15) is 6.04 Å². The van der Waals surface area contributed by atoms with Gasteiger partial charge in [0.25, 0.3) is 5.91 Å². The summed E-state index contributed by atoms with van der Waals surface area (Å²) in [4.78, 5) is 38.4. The number of carbonyl (C=O) groups is 2. The molecule has 1 N–H and O–H groups in total. The van der Waals surface area contributed by atoms with Gasteiger partial charge in [0.15, 0.2) is 0 Å². The third-order valence-corrected chi connectivity index (χ3v) is 5.78. The molecule has 28 heavy (non-hydrogen) atoms. The molecule has 3 heterocycles. The van der Waals surface area contributed by atoms with Gasteiger partial charge in [0, 0.05) is 32.0 Å². The normalized spacial score (nSPS) is 21.1. The van der Waals surface area contributed by atoms with E-state index in [0.717, 1.165) is 41.9 Å². The summed E-state index contributed by atoms with van der Waals surface area (Å²) in [7, 11) is 3.18. The molecular weight excluding hydrogens is 356 g/mol. The number of piperidine rings is 2. The predicted molar refractivity (Wildman–Crippen MR) is 106 cm³/mol.